The quantitative estimate of drug-likeness (QED) is 0.322. The van der Waals surface area contributed by atoms with E-state index in [1.165, 1.54) is 4.90 Å². The van der Waals surface area contributed by atoms with Gasteiger partial charge in [-0.05, 0) is 72.7 Å². The van der Waals surface area contributed by atoms with Crippen molar-refractivity contribution in [2.24, 2.45) is 0 Å². The molecule has 7 nitrogen and oxygen atoms in total. The van der Waals surface area contributed by atoms with Gasteiger partial charge in [0.1, 0.15) is 12.6 Å². The second kappa shape index (κ2) is 12.4. The summed E-state index contributed by atoms with van der Waals surface area (Å²) in [6.07, 6.45) is 2.86. The number of rotatable bonds is 11. The molecule has 1 atom stereocenters. The van der Waals surface area contributed by atoms with Gasteiger partial charge in [-0.15, -0.1) is 0 Å². The zero-order valence-corrected chi connectivity index (χ0v) is 22.5. The number of aryl methyl sites for hydroxylation is 1. The largest absolute Gasteiger partial charge is 0.354 e. The number of nitrogens with zero attached hydrogens (tertiary/aromatic N) is 2. The van der Waals surface area contributed by atoms with E-state index < -0.39 is 28.5 Å². The summed E-state index contributed by atoms with van der Waals surface area (Å²) in [7, 11) is -3.72. The number of nitrogens with one attached hydrogen (secondary N) is 1. The minimum absolute atomic E-state index is 0.200. The average Bonchev–Trinajstić information content (AvgIpc) is 2.76. The molecule has 1 unspecified atom stereocenters. The Morgan fingerprint density at radius 1 is 1.06 bits per heavy atom. The number of anilines is 1. The van der Waals surface area contributed by atoms with Crippen LogP contribution in [0.1, 0.15) is 37.8 Å². The van der Waals surface area contributed by atoms with Crippen molar-refractivity contribution in [1.29, 1.82) is 0 Å². The van der Waals surface area contributed by atoms with Gasteiger partial charge in [0.25, 0.3) is 0 Å². The Hall–Kier alpha value is -2.14. The van der Waals surface area contributed by atoms with Crippen LogP contribution in [0.25, 0.3) is 0 Å². The molecule has 1 N–H and O–H groups in total. The third-order valence-electron chi connectivity index (χ3n) is 5.26. The maximum atomic E-state index is 13.4. The van der Waals surface area contributed by atoms with Gasteiger partial charge in [0.15, 0.2) is 0 Å². The zero-order chi connectivity index (χ0) is 24.6. The summed E-state index contributed by atoms with van der Waals surface area (Å²) in [5, 5.41) is 2.87. The van der Waals surface area contributed by atoms with E-state index in [2.05, 4.69) is 27.9 Å². The number of sulfonamides is 1. The fraction of sp³-hybridized carbons (Fsp3) is 0.417. The van der Waals surface area contributed by atoms with E-state index in [1.807, 2.05) is 38.1 Å². The molecule has 0 saturated carbocycles. The van der Waals surface area contributed by atoms with Crippen molar-refractivity contribution >= 4 is 50.1 Å². The van der Waals surface area contributed by atoms with Crippen LogP contribution in [0.2, 0.25) is 0 Å². The molecule has 33 heavy (non-hydrogen) atoms. The molecule has 2 aromatic rings. The van der Waals surface area contributed by atoms with E-state index in [-0.39, 0.29) is 12.5 Å². The maximum Gasteiger partial charge on any atom is 0.244 e. The normalized spacial score (nSPS) is 12.2. The first-order chi connectivity index (χ1) is 15.5. The van der Waals surface area contributed by atoms with Gasteiger partial charge in [0.2, 0.25) is 21.8 Å². The molecule has 2 aromatic carbocycles. The molecule has 0 radical (unpaired) electrons. The van der Waals surface area contributed by atoms with Crippen LogP contribution in [0.3, 0.4) is 0 Å². The molecule has 9 heteroatoms. The molecule has 0 aliphatic rings. The fourth-order valence-electron chi connectivity index (χ4n) is 3.23. The summed E-state index contributed by atoms with van der Waals surface area (Å²) in [6.45, 7) is 6.02. The van der Waals surface area contributed by atoms with Crippen LogP contribution in [0.4, 0.5) is 5.69 Å². The Balaban J connectivity index is 2.32. The highest BCUT2D eigenvalue weighted by molar-refractivity contribution is 14.1. The lowest BCUT2D eigenvalue weighted by Gasteiger charge is -2.31. The lowest BCUT2D eigenvalue weighted by Crippen LogP contribution is -2.51. The summed E-state index contributed by atoms with van der Waals surface area (Å²) in [6, 6.07) is 13.8. The lowest BCUT2D eigenvalue weighted by atomic mass is 10.1. The van der Waals surface area contributed by atoms with E-state index in [4.69, 9.17) is 0 Å². The van der Waals surface area contributed by atoms with Crippen LogP contribution in [0.15, 0.2) is 48.5 Å². The monoisotopic (exact) mass is 585 g/mol. The number of amides is 2. The van der Waals surface area contributed by atoms with Crippen molar-refractivity contribution in [3.63, 3.8) is 0 Å². The predicted molar refractivity (Wildman–Crippen MR) is 140 cm³/mol. The minimum atomic E-state index is -3.72. The minimum Gasteiger partial charge on any atom is -0.354 e. The predicted octanol–water partition coefficient (Wildman–Crippen LogP) is 3.70. The van der Waals surface area contributed by atoms with Gasteiger partial charge in [-0.3, -0.25) is 13.9 Å². The van der Waals surface area contributed by atoms with Crippen LogP contribution in [-0.4, -0.2) is 50.5 Å². The Kier molecular flexibility index (Phi) is 10.2. The van der Waals surface area contributed by atoms with E-state index in [0.717, 1.165) is 38.1 Å². The molecule has 0 fully saturated rings. The van der Waals surface area contributed by atoms with Gasteiger partial charge in [-0.1, -0.05) is 43.2 Å². The molecule has 0 spiro atoms. The SMILES string of the molecule is CCCCNC(=O)C(C)N(Cc1ccc(C)cc1)C(=O)CN(c1ccc(I)cc1)S(C)(=O)=O. The number of carbonyl (C=O) groups excluding carboxylic acids is 2. The van der Waals surface area contributed by atoms with Crippen LogP contribution in [-0.2, 0) is 26.2 Å². The summed E-state index contributed by atoms with van der Waals surface area (Å²) in [5.74, 6) is -0.707. The van der Waals surface area contributed by atoms with Crippen LogP contribution < -0.4 is 9.62 Å². The van der Waals surface area contributed by atoms with Gasteiger partial charge in [0, 0.05) is 16.7 Å². The van der Waals surface area contributed by atoms with E-state index in [9.17, 15) is 18.0 Å². The van der Waals surface area contributed by atoms with Gasteiger partial charge in [-0.2, -0.15) is 0 Å². The Morgan fingerprint density at radius 3 is 2.21 bits per heavy atom. The number of carbonyl (C=O) groups is 2. The first-order valence-electron chi connectivity index (χ1n) is 10.9. The third kappa shape index (κ3) is 8.29. The summed E-state index contributed by atoms with van der Waals surface area (Å²) in [5.41, 5.74) is 2.35. The smallest absolute Gasteiger partial charge is 0.244 e. The van der Waals surface area contributed by atoms with Crippen molar-refractivity contribution < 1.29 is 18.0 Å². The van der Waals surface area contributed by atoms with Crippen LogP contribution in [0.5, 0.6) is 0 Å². The number of benzene rings is 2. The molecule has 2 rings (SSSR count). The van der Waals surface area contributed by atoms with Crippen molar-refractivity contribution in [2.45, 2.75) is 46.2 Å². The molecule has 0 aliphatic heterocycles. The van der Waals surface area contributed by atoms with Crippen molar-refractivity contribution in [3.8, 4) is 0 Å². The number of halogens is 1. The van der Waals surface area contributed by atoms with Gasteiger partial charge in [0.05, 0.1) is 11.9 Å². The summed E-state index contributed by atoms with van der Waals surface area (Å²) < 4.78 is 27.1. The Bertz CT molecular complexity index is 1040. The molecule has 0 saturated heterocycles. The molecular weight excluding hydrogens is 553 g/mol. The van der Waals surface area contributed by atoms with E-state index in [0.29, 0.717) is 12.2 Å². The zero-order valence-electron chi connectivity index (χ0n) is 19.5. The first-order valence-corrected chi connectivity index (χ1v) is 13.8. The van der Waals surface area contributed by atoms with Crippen molar-refractivity contribution in [1.82, 2.24) is 10.2 Å². The second-order valence-corrected chi connectivity index (χ2v) is 11.2. The third-order valence-corrected chi connectivity index (χ3v) is 7.12. The standard InChI is InChI=1S/C24H32IN3O4S/c1-5-6-15-26-24(30)19(3)27(16-20-9-7-18(2)8-10-20)23(29)17-28(33(4,31)32)22-13-11-21(25)12-14-22/h7-14,19H,5-6,15-17H2,1-4H3,(H,26,30). The Labute approximate surface area is 210 Å². The van der Waals surface area contributed by atoms with Crippen LogP contribution >= 0.6 is 22.6 Å². The fourth-order valence-corrected chi connectivity index (χ4v) is 4.44. The topological polar surface area (TPSA) is 86.8 Å². The van der Waals surface area contributed by atoms with Crippen LogP contribution in [0, 0.1) is 10.5 Å². The highest BCUT2D eigenvalue weighted by atomic mass is 127. The number of hydrogen-bond donors (Lipinski definition) is 1. The molecule has 0 aliphatic carbocycles. The number of hydrogen-bond acceptors (Lipinski definition) is 4. The lowest BCUT2D eigenvalue weighted by molar-refractivity contribution is -0.139. The molecular formula is C24H32IN3O4S. The molecule has 0 heterocycles. The first kappa shape index (κ1) is 27.1. The van der Waals surface area contributed by atoms with Crippen molar-refractivity contribution in [3.05, 3.63) is 63.2 Å². The summed E-state index contributed by atoms with van der Waals surface area (Å²) >= 11 is 2.13. The Morgan fingerprint density at radius 2 is 1.67 bits per heavy atom. The summed E-state index contributed by atoms with van der Waals surface area (Å²) in [4.78, 5) is 27.6. The highest BCUT2D eigenvalue weighted by Crippen LogP contribution is 2.20. The number of unbranched alkanes of at least 4 members (excludes halogenated alkanes) is 1. The van der Waals surface area contributed by atoms with Crippen molar-refractivity contribution in [2.75, 3.05) is 23.7 Å². The van der Waals surface area contributed by atoms with Gasteiger partial charge >= 0.3 is 0 Å². The highest BCUT2D eigenvalue weighted by Gasteiger charge is 2.29. The molecule has 2 amide bonds. The maximum absolute atomic E-state index is 13.4. The second-order valence-electron chi connectivity index (χ2n) is 8.07. The van der Waals surface area contributed by atoms with E-state index >= 15 is 0 Å². The molecule has 0 aromatic heterocycles. The van der Waals surface area contributed by atoms with Gasteiger partial charge < -0.3 is 10.2 Å². The average molecular weight is 586 g/mol. The van der Waals surface area contributed by atoms with E-state index in [1.54, 1.807) is 31.2 Å². The molecule has 0 bridgehead atoms. The molecule has 180 valence electrons. The van der Waals surface area contributed by atoms with Gasteiger partial charge in [-0.25, -0.2) is 8.42 Å².